The molecule has 11 heavy (non-hydrogen) atoms. The molecule has 0 radical (unpaired) electrons. The van der Waals surface area contributed by atoms with Gasteiger partial charge >= 0.3 is 0 Å². The minimum Gasteiger partial charge on any atom is -0.353 e. The van der Waals surface area contributed by atoms with Crippen LogP contribution in [-0.2, 0) is 9.47 Å². The highest BCUT2D eigenvalue weighted by molar-refractivity contribution is 4.77. The van der Waals surface area contributed by atoms with Gasteiger partial charge in [-0.2, -0.15) is 0 Å². The van der Waals surface area contributed by atoms with E-state index in [-0.39, 0.29) is 6.29 Å². The van der Waals surface area contributed by atoms with Crippen LogP contribution in [0.4, 0.5) is 0 Å². The normalized spacial score (nSPS) is 11.6. The molecule has 0 aromatic rings. The summed E-state index contributed by atoms with van der Waals surface area (Å²) < 4.78 is 10.6. The molecule has 0 atom stereocenters. The molecule has 0 rings (SSSR count). The first-order valence-corrected chi connectivity index (χ1v) is 4.19. The Morgan fingerprint density at radius 1 is 1.18 bits per heavy atom. The second-order valence-electron chi connectivity index (χ2n) is 2.14. The lowest BCUT2D eigenvalue weighted by molar-refractivity contribution is -0.133. The molecule has 0 spiro atoms. The van der Waals surface area contributed by atoms with E-state index in [0.29, 0.717) is 13.2 Å². The van der Waals surface area contributed by atoms with Crippen molar-refractivity contribution in [3.63, 3.8) is 0 Å². The number of allylic oxidation sites excluding steroid dienone is 1. The van der Waals surface area contributed by atoms with Crippen LogP contribution in [0.5, 0.6) is 0 Å². The molecule has 0 aliphatic rings. The van der Waals surface area contributed by atoms with Crippen molar-refractivity contribution in [2.45, 2.75) is 33.5 Å². The Labute approximate surface area is 69.2 Å². The Morgan fingerprint density at radius 3 is 2.09 bits per heavy atom. The van der Waals surface area contributed by atoms with Crippen molar-refractivity contribution in [3.05, 3.63) is 12.2 Å². The van der Waals surface area contributed by atoms with E-state index in [9.17, 15) is 0 Å². The highest BCUT2D eigenvalue weighted by Gasteiger charge is 2.03. The van der Waals surface area contributed by atoms with Crippen molar-refractivity contribution in [2.75, 3.05) is 13.2 Å². The van der Waals surface area contributed by atoms with Gasteiger partial charge in [0, 0.05) is 19.6 Å². The molecule has 0 aromatic carbocycles. The van der Waals surface area contributed by atoms with Crippen molar-refractivity contribution < 1.29 is 9.47 Å². The Kier molecular flexibility index (Phi) is 7.52. The van der Waals surface area contributed by atoms with Gasteiger partial charge in [-0.3, -0.25) is 0 Å². The first kappa shape index (κ1) is 10.7. The lowest BCUT2D eigenvalue weighted by atomic mass is 10.4. The minimum absolute atomic E-state index is 0.0544. The van der Waals surface area contributed by atoms with Crippen molar-refractivity contribution in [2.24, 2.45) is 0 Å². The molecule has 0 fully saturated rings. The third-order valence-corrected chi connectivity index (χ3v) is 1.27. The fourth-order valence-corrected chi connectivity index (χ4v) is 0.803. The number of hydrogen-bond acceptors (Lipinski definition) is 2. The molecule has 0 aromatic heterocycles. The lowest BCUT2D eigenvalue weighted by Crippen LogP contribution is -2.16. The van der Waals surface area contributed by atoms with Crippen LogP contribution in [-0.4, -0.2) is 19.5 Å². The van der Waals surface area contributed by atoms with E-state index in [1.54, 1.807) is 0 Å². The first-order chi connectivity index (χ1) is 5.35. The van der Waals surface area contributed by atoms with E-state index in [0.717, 1.165) is 6.42 Å². The van der Waals surface area contributed by atoms with Gasteiger partial charge in [0.05, 0.1) is 0 Å². The fraction of sp³-hybridized carbons (Fsp3) is 0.778. The average molecular weight is 158 g/mol. The largest absolute Gasteiger partial charge is 0.353 e. The molecule has 0 bridgehead atoms. The van der Waals surface area contributed by atoms with Gasteiger partial charge in [-0.1, -0.05) is 12.2 Å². The summed E-state index contributed by atoms with van der Waals surface area (Å²) in [5.41, 5.74) is 0. The fourth-order valence-electron chi connectivity index (χ4n) is 0.803. The van der Waals surface area contributed by atoms with E-state index in [1.165, 1.54) is 0 Å². The highest BCUT2D eigenvalue weighted by Crippen LogP contribution is 2.01. The van der Waals surface area contributed by atoms with Gasteiger partial charge in [0.25, 0.3) is 0 Å². The van der Waals surface area contributed by atoms with Crippen molar-refractivity contribution in [3.8, 4) is 0 Å². The van der Waals surface area contributed by atoms with Crippen LogP contribution in [0.25, 0.3) is 0 Å². The van der Waals surface area contributed by atoms with Gasteiger partial charge in [-0.25, -0.2) is 0 Å². The highest BCUT2D eigenvalue weighted by atomic mass is 16.7. The molecular formula is C9H18O2. The van der Waals surface area contributed by atoms with Crippen LogP contribution in [0, 0.1) is 0 Å². The van der Waals surface area contributed by atoms with Crippen LogP contribution in [0.15, 0.2) is 12.2 Å². The van der Waals surface area contributed by atoms with Gasteiger partial charge in [0.1, 0.15) is 0 Å². The van der Waals surface area contributed by atoms with E-state index in [4.69, 9.17) is 9.47 Å². The van der Waals surface area contributed by atoms with Gasteiger partial charge in [0.2, 0.25) is 0 Å². The molecular weight excluding hydrogens is 140 g/mol. The molecule has 0 N–H and O–H groups in total. The second-order valence-corrected chi connectivity index (χ2v) is 2.14. The summed E-state index contributed by atoms with van der Waals surface area (Å²) in [6, 6.07) is 0. The Morgan fingerprint density at radius 2 is 1.73 bits per heavy atom. The second kappa shape index (κ2) is 7.76. The SMILES string of the molecule is C/C=C\CC(OCC)OCC. The smallest absolute Gasteiger partial charge is 0.160 e. The lowest BCUT2D eigenvalue weighted by Gasteiger charge is -2.14. The minimum atomic E-state index is -0.0544. The maximum absolute atomic E-state index is 5.31. The van der Waals surface area contributed by atoms with Gasteiger partial charge in [-0.05, 0) is 20.8 Å². The Bertz CT molecular complexity index is 93.7. The molecule has 0 heterocycles. The zero-order valence-corrected chi connectivity index (χ0v) is 7.67. The van der Waals surface area contributed by atoms with Crippen molar-refractivity contribution in [1.29, 1.82) is 0 Å². The molecule has 2 nitrogen and oxygen atoms in total. The van der Waals surface area contributed by atoms with E-state index < -0.39 is 0 Å². The monoisotopic (exact) mass is 158 g/mol. The zero-order valence-electron chi connectivity index (χ0n) is 7.67. The van der Waals surface area contributed by atoms with Crippen molar-refractivity contribution >= 4 is 0 Å². The predicted octanol–water partition coefficient (Wildman–Crippen LogP) is 2.35. The molecule has 2 heteroatoms. The summed E-state index contributed by atoms with van der Waals surface area (Å²) in [4.78, 5) is 0. The van der Waals surface area contributed by atoms with E-state index in [2.05, 4.69) is 6.08 Å². The maximum Gasteiger partial charge on any atom is 0.160 e. The molecule has 0 saturated heterocycles. The van der Waals surface area contributed by atoms with Crippen LogP contribution in [0.3, 0.4) is 0 Å². The molecule has 0 unspecified atom stereocenters. The third-order valence-electron chi connectivity index (χ3n) is 1.27. The average Bonchev–Trinajstić information content (AvgIpc) is 2.01. The number of rotatable bonds is 6. The predicted molar refractivity (Wildman–Crippen MR) is 46.5 cm³/mol. The van der Waals surface area contributed by atoms with E-state index >= 15 is 0 Å². The summed E-state index contributed by atoms with van der Waals surface area (Å²) in [6.45, 7) is 7.36. The third kappa shape index (κ3) is 6.07. The summed E-state index contributed by atoms with van der Waals surface area (Å²) >= 11 is 0. The quantitative estimate of drug-likeness (QED) is 0.436. The van der Waals surface area contributed by atoms with Crippen LogP contribution < -0.4 is 0 Å². The van der Waals surface area contributed by atoms with Gasteiger partial charge in [-0.15, -0.1) is 0 Å². The summed E-state index contributed by atoms with van der Waals surface area (Å²) in [6.07, 6.45) is 4.85. The number of hydrogen-bond donors (Lipinski definition) is 0. The molecule has 0 amide bonds. The van der Waals surface area contributed by atoms with E-state index in [1.807, 2.05) is 26.8 Å². The molecule has 0 saturated carbocycles. The topological polar surface area (TPSA) is 18.5 Å². The standard InChI is InChI=1S/C9H18O2/c1-4-7-8-9(10-5-2)11-6-3/h4,7,9H,5-6,8H2,1-3H3/b7-4-. The maximum atomic E-state index is 5.31. The van der Waals surface area contributed by atoms with Gasteiger partial charge < -0.3 is 9.47 Å². The summed E-state index contributed by atoms with van der Waals surface area (Å²) in [7, 11) is 0. The van der Waals surface area contributed by atoms with Crippen LogP contribution >= 0.6 is 0 Å². The van der Waals surface area contributed by atoms with Gasteiger partial charge in [0.15, 0.2) is 6.29 Å². The van der Waals surface area contributed by atoms with Crippen LogP contribution in [0.1, 0.15) is 27.2 Å². The first-order valence-electron chi connectivity index (χ1n) is 4.19. The van der Waals surface area contributed by atoms with Crippen LogP contribution in [0.2, 0.25) is 0 Å². The molecule has 0 aliphatic heterocycles. The molecule has 66 valence electrons. The Hall–Kier alpha value is -0.340. The van der Waals surface area contributed by atoms with Crippen molar-refractivity contribution in [1.82, 2.24) is 0 Å². The zero-order chi connectivity index (χ0) is 8.53. The molecule has 0 aliphatic carbocycles. The Balaban J connectivity index is 3.50. The number of ether oxygens (including phenoxy) is 2. The summed E-state index contributed by atoms with van der Waals surface area (Å²) in [5.74, 6) is 0. The summed E-state index contributed by atoms with van der Waals surface area (Å²) in [5, 5.41) is 0.